The average Bonchev–Trinajstić information content (AvgIpc) is 2.56. The van der Waals surface area contributed by atoms with E-state index in [1.165, 1.54) is 5.56 Å². The van der Waals surface area contributed by atoms with E-state index < -0.39 is 0 Å². The zero-order valence-electron chi connectivity index (χ0n) is 13.2. The van der Waals surface area contributed by atoms with E-state index in [9.17, 15) is 4.79 Å². The molecule has 3 rings (SSSR count). The number of aromatic nitrogens is 2. The predicted octanol–water partition coefficient (Wildman–Crippen LogP) is 2.30. The summed E-state index contributed by atoms with van der Waals surface area (Å²) in [5, 5.41) is 0. The smallest absolute Gasteiger partial charge is 0.219 e. The van der Waals surface area contributed by atoms with Gasteiger partial charge in [-0.2, -0.15) is 0 Å². The van der Waals surface area contributed by atoms with Crippen molar-refractivity contribution >= 4 is 11.7 Å². The van der Waals surface area contributed by atoms with E-state index in [0.717, 1.165) is 37.4 Å². The number of rotatable bonds is 5. The molecule has 1 aliphatic heterocycles. The summed E-state index contributed by atoms with van der Waals surface area (Å²) in [6.07, 6.45) is 6.14. The Hall–Kier alpha value is -2.43. The fraction of sp³-hybridized carbons (Fsp3) is 0.389. The minimum Gasteiger partial charge on any atom is -0.370 e. The number of amides is 1. The SMILES string of the molecule is NC(=O)C[C@H]1CCCCN1c1ccnc(Cc2ccccc2)n1. The van der Waals surface area contributed by atoms with Crippen molar-refractivity contribution in [2.75, 3.05) is 11.4 Å². The lowest BCUT2D eigenvalue weighted by atomic mass is 9.99. The number of primary amides is 1. The molecule has 1 fully saturated rings. The molecule has 0 aliphatic carbocycles. The largest absolute Gasteiger partial charge is 0.370 e. The van der Waals surface area contributed by atoms with Crippen molar-refractivity contribution in [2.45, 2.75) is 38.1 Å². The van der Waals surface area contributed by atoms with Crippen LogP contribution in [0, 0.1) is 0 Å². The van der Waals surface area contributed by atoms with Gasteiger partial charge in [-0.15, -0.1) is 0 Å². The van der Waals surface area contributed by atoms with Gasteiger partial charge < -0.3 is 10.6 Å². The van der Waals surface area contributed by atoms with Gasteiger partial charge in [-0.1, -0.05) is 30.3 Å². The summed E-state index contributed by atoms with van der Waals surface area (Å²) in [6.45, 7) is 0.916. The Balaban J connectivity index is 1.79. The van der Waals surface area contributed by atoms with Crippen molar-refractivity contribution in [1.82, 2.24) is 9.97 Å². The molecule has 0 saturated carbocycles. The molecular weight excluding hydrogens is 288 g/mol. The third kappa shape index (κ3) is 4.06. The Morgan fingerprint density at radius 2 is 2.04 bits per heavy atom. The highest BCUT2D eigenvalue weighted by molar-refractivity contribution is 5.75. The molecule has 1 aromatic carbocycles. The third-order valence-electron chi connectivity index (χ3n) is 4.25. The standard InChI is InChI=1S/C18H22N4O/c19-16(23)13-15-8-4-5-11-22(15)18-9-10-20-17(21-18)12-14-6-2-1-3-7-14/h1-3,6-7,9-10,15H,4-5,8,11-13H2,(H2,19,23)/t15-/m1/s1. The van der Waals surface area contributed by atoms with Crippen LogP contribution in [0.25, 0.3) is 0 Å². The number of carbonyl (C=O) groups is 1. The fourth-order valence-electron chi connectivity index (χ4n) is 3.16. The second kappa shape index (κ2) is 7.22. The van der Waals surface area contributed by atoms with Crippen LogP contribution in [0.2, 0.25) is 0 Å². The number of carbonyl (C=O) groups excluding carboxylic acids is 1. The topological polar surface area (TPSA) is 72.1 Å². The Morgan fingerprint density at radius 1 is 1.22 bits per heavy atom. The van der Waals surface area contributed by atoms with Crippen LogP contribution in [0.5, 0.6) is 0 Å². The van der Waals surface area contributed by atoms with Gasteiger partial charge >= 0.3 is 0 Å². The summed E-state index contributed by atoms with van der Waals surface area (Å²) >= 11 is 0. The van der Waals surface area contributed by atoms with Gasteiger partial charge in [0.1, 0.15) is 11.6 Å². The lowest BCUT2D eigenvalue weighted by molar-refractivity contribution is -0.118. The molecule has 0 radical (unpaired) electrons. The van der Waals surface area contributed by atoms with Gasteiger partial charge in [0.25, 0.3) is 0 Å². The molecule has 2 heterocycles. The number of nitrogens with zero attached hydrogens (tertiary/aromatic N) is 3. The van der Waals surface area contributed by atoms with Gasteiger partial charge in [-0.05, 0) is 30.9 Å². The first kappa shape index (κ1) is 15.5. The molecule has 2 N–H and O–H groups in total. The first-order chi connectivity index (χ1) is 11.2. The minimum atomic E-state index is -0.250. The number of anilines is 1. The highest BCUT2D eigenvalue weighted by Gasteiger charge is 2.25. The van der Waals surface area contributed by atoms with E-state index in [1.807, 2.05) is 24.3 Å². The first-order valence-corrected chi connectivity index (χ1v) is 8.13. The van der Waals surface area contributed by atoms with Crippen LogP contribution in [-0.4, -0.2) is 28.5 Å². The molecule has 0 spiro atoms. The van der Waals surface area contributed by atoms with E-state index in [2.05, 4.69) is 22.0 Å². The van der Waals surface area contributed by atoms with Crippen LogP contribution in [-0.2, 0) is 11.2 Å². The monoisotopic (exact) mass is 310 g/mol. The summed E-state index contributed by atoms with van der Waals surface area (Å²) in [5.41, 5.74) is 6.59. The predicted molar refractivity (Wildman–Crippen MR) is 90.1 cm³/mol. The third-order valence-corrected chi connectivity index (χ3v) is 4.25. The maximum atomic E-state index is 11.3. The zero-order valence-corrected chi connectivity index (χ0v) is 13.2. The van der Waals surface area contributed by atoms with Crippen molar-refractivity contribution in [3.8, 4) is 0 Å². The van der Waals surface area contributed by atoms with Crippen LogP contribution in [0.1, 0.15) is 37.1 Å². The Labute approximate surface area is 136 Å². The van der Waals surface area contributed by atoms with Gasteiger partial charge in [-0.25, -0.2) is 9.97 Å². The highest BCUT2D eigenvalue weighted by Crippen LogP contribution is 2.25. The maximum absolute atomic E-state index is 11.3. The highest BCUT2D eigenvalue weighted by atomic mass is 16.1. The summed E-state index contributed by atoms with van der Waals surface area (Å²) in [4.78, 5) is 22.6. The van der Waals surface area contributed by atoms with Gasteiger partial charge in [0, 0.05) is 31.6 Å². The van der Waals surface area contributed by atoms with Gasteiger partial charge in [0.2, 0.25) is 5.91 Å². The lowest BCUT2D eigenvalue weighted by Gasteiger charge is -2.36. The van der Waals surface area contributed by atoms with E-state index in [4.69, 9.17) is 10.7 Å². The van der Waals surface area contributed by atoms with Crippen LogP contribution in [0.4, 0.5) is 5.82 Å². The summed E-state index contributed by atoms with van der Waals surface area (Å²) in [6, 6.07) is 12.3. The molecule has 1 saturated heterocycles. The summed E-state index contributed by atoms with van der Waals surface area (Å²) in [7, 11) is 0. The molecule has 1 aliphatic rings. The zero-order chi connectivity index (χ0) is 16.1. The molecule has 23 heavy (non-hydrogen) atoms. The molecule has 1 atom stereocenters. The Bertz CT molecular complexity index is 659. The van der Waals surface area contributed by atoms with Crippen LogP contribution in [0.15, 0.2) is 42.6 Å². The number of hydrogen-bond donors (Lipinski definition) is 1. The number of hydrogen-bond acceptors (Lipinski definition) is 4. The van der Waals surface area contributed by atoms with E-state index in [-0.39, 0.29) is 11.9 Å². The molecule has 5 nitrogen and oxygen atoms in total. The van der Waals surface area contributed by atoms with E-state index in [0.29, 0.717) is 12.8 Å². The van der Waals surface area contributed by atoms with Gasteiger partial charge in [0.15, 0.2) is 0 Å². The first-order valence-electron chi connectivity index (χ1n) is 8.13. The molecular formula is C18H22N4O. The number of benzene rings is 1. The lowest BCUT2D eigenvalue weighted by Crippen LogP contribution is -2.42. The minimum absolute atomic E-state index is 0.153. The van der Waals surface area contributed by atoms with Crippen molar-refractivity contribution in [2.24, 2.45) is 5.73 Å². The summed E-state index contributed by atoms with van der Waals surface area (Å²) in [5.74, 6) is 1.45. The average molecular weight is 310 g/mol. The Kier molecular flexibility index (Phi) is 4.86. The quantitative estimate of drug-likeness (QED) is 0.920. The molecule has 2 aromatic rings. The normalized spacial score (nSPS) is 17.9. The van der Waals surface area contributed by atoms with E-state index in [1.54, 1.807) is 6.20 Å². The number of nitrogens with two attached hydrogens (primary N) is 1. The molecule has 5 heteroatoms. The fourth-order valence-corrected chi connectivity index (χ4v) is 3.16. The second-order valence-electron chi connectivity index (χ2n) is 6.01. The van der Waals surface area contributed by atoms with Crippen molar-refractivity contribution in [3.63, 3.8) is 0 Å². The maximum Gasteiger partial charge on any atom is 0.219 e. The van der Waals surface area contributed by atoms with E-state index >= 15 is 0 Å². The molecule has 120 valence electrons. The second-order valence-corrected chi connectivity index (χ2v) is 6.01. The van der Waals surface area contributed by atoms with Gasteiger partial charge in [0.05, 0.1) is 0 Å². The van der Waals surface area contributed by atoms with Crippen molar-refractivity contribution in [3.05, 3.63) is 54.0 Å². The van der Waals surface area contributed by atoms with Gasteiger partial charge in [-0.3, -0.25) is 4.79 Å². The number of piperidine rings is 1. The molecule has 1 aromatic heterocycles. The van der Waals surface area contributed by atoms with Crippen LogP contribution < -0.4 is 10.6 Å². The van der Waals surface area contributed by atoms with Crippen LogP contribution in [0.3, 0.4) is 0 Å². The molecule has 1 amide bonds. The summed E-state index contributed by atoms with van der Waals surface area (Å²) < 4.78 is 0. The van der Waals surface area contributed by atoms with Crippen LogP contribution >= 0.6 is 0 Å². The molecule has 0 bridgehead atoms. The Morgan fingerprint density at radius 3 is 2.83 bits per heavy atom. The molecule has 0 unspecified atom stereocenters. The van der Waals surface area contributed by atoms with Crippen molar-refractivity contribution < 1.29 is 4.79 Å². The van der Waals surface area contributed by atoms with Crippen molar-refractivity contribution in [1.29, 1.82) is 0 Å².